The number of amides is 4. The molecule has 0 radical (unpaired) electrons. The van der Waals surface area contributed by atoms with Gasteiger partial charge >= 0.3 is 12.1 Å². The van der Waals surface area contributed by atoms with Crippen molar-refractivity contribution in [2.24, 2.45) is 0 Å². The molecule has 0 bridgehead atoms. The normalized spacial score (nSPS) is 11.6. The number of esters is 1. The van der Waals surface area contributed by atoms with Gasteiger partial charge in [0.1, 0.15) is 11.6 Å². The average molecular weight is 541 g/mol. The lowest BCUT2D eigenvalue weighted by Gasteiger charge is -2.23. The molecule has 0 saturated carbocycles. The predicted molar refractivity (Wildman–Crippen MR) is 139 cm³/mol. The Kier molecular flexibility index (Phi) is 14.1. The number of carbonyl (C=O) groups excluding carboxylic acids is 5. The first-order valence-corrected chi connectivity index (χ1v) is 12.8. The molecule has 4 N–H and O–H groups in total. The van der Waals surface area contributed by atoms with Gasteiger partial charge in [-0.05, 0) is 52.3 Å². The summed E-state index contributed by atoms with van der Waals surface area (Å²) in [5, 5.41) is 4.29. The zero-order valence-corrected chi connectivity index (χ0v) is 22.6. The minimum Gasteiger partial charge on any atom is -0.462 e. The van der Waals surface area contributed by atoms with Gasteiger partial charge in [-0.15, -0.1) is 0 Å². The maximum Gasteiger partial charge on any atom is 0.408 e. The topological polar surface area (TPSA) is 161 Å². The van der Waals surface area contributed by atoms with Gasteiger partial charge in [-0.1, -0.05) is 31.2 Å². The van der Waals surface area contributed by atoms with E-state index in [-0.39, 0.29) is 24.5 Å². The van der Waals surface area contributed by atoms with Crippen LogP contribution in [0, 0.1) is 0 Å². The van der Waals surface area contributed by atoms with Gasteiger partial charge in [0.2, 0.25) is 5.91 Å². The zero-order valence-electron chi connectivity index (χ0n) is 21.8. The van der Waals surface area contributed by atoms with Crippen molar-refractivity contribution in [3.63, 3.8) is 0 Å². The number of hydrogen-bond donors (Lipinski definition) is 4. The van der Waals surface area contributed by atoms with Crippen molar-refractivity contribution in [1.82, 2.24) is 16.2 Å². The van der Waals surface area contributed by atoms with Gasteiger partial charge in [-0.25, -0.2) is 9.59 Å². The van der Waals surface area contributed by atoms with Crippen LogP contribution in [0.1, 0.15) is 57.8 Å². The SMILES string of the molecule is CCCCOC[C@H](NC(=O)OC(C)(C)C)C(=O)NNC(=O)SCC(=O)Nc1cccc(C(=O)OCC)c1. The van der Waals surface area contributed by atoms with Gasteiger partial charge in [0.15, 0.2) is 0 Å². The molecule has 12 nitrogen and oxygen atoms in total. The fourth-order valence-corrected chi connectivity index (χ4v) is 3.04. The van der Waals surface area contributed by atoms with E-state index < -0.39 is 40.8 Å². The van der Waals surface area contributed by atoms with Crippen molar-refractivity contribution in [3.8, 4) is 0 Å². The van der Waals surface area contributed by atoms with E-state index in [1.54, 1.807) is 45.9 Å². The highest BCUT2D eigenvalue weighted by Gasteiger charge is 2.25. The molecule has 1 aromatic rings. The number of benzene rings is 1. The molecule has 37 heavy (non-hydrogen) atoms. The molecule has 206 valence electrons. The van der Waals surface area contributed by atoms with E-state index in [9.17, 15) is 24.0 Å². The Hall–Kier alpha value is -3.32. The summed E-state index contributed by atoms with van der Waals surface area (Å²) in [6, 6.07) is 5.07. The molecule has 1 rings (SSSR count). The van der Waals surface area contributed by atoms with E-state index in [4.69, 9.17) is 14.2 Å². The summed E-state index contributed by atoms with van der Waals surface area (Å²) in [7, 11) is 0. The van der Waals surface area contributed by atoms with Crippen LogP contribution >= 0.6 is 11.8 Å². The van der Waals surface area contributed by atoms with Crippen LogP contribution in [0.3, 0.4) is 0 Å². The van der Waals surface area contributed by atoms with Gasteiger partial charge in [0.05, 0.1) is 24.5 Å². The number of alkyl carbamates (subject to hydrolysis) is 1. The summed E-state index contributed by atoms with van der Waals surface area (Å²) in [4.78, 5) is 60.7. The van der Waals surface area contributed by atoms with Crippen LogP contribution < -0.4 is 21.5 Å². The minimum absolute atomic E-state index is 0.124. The van der Waals surface area contributed by atoms with Gasteiger partial charge in [-0.3, -0.25) is 25.2 Å². The highest BCUT2D eigenvalue weighted by molar-refractivity contribution is 8.14. The molecule has 1 atom stereocenters. The Morgan fingerprint density at radius 1 is 1.05 bits per heavy atom. The zero-order chi connectivity index (χ0) is 27.8. The molecule has 0 aliphatic carbocycles. The standard InChI is InChI=1S/C24H36N4O8S/c1-6-8-12-34-14-18(26-22(32)36-24(3,4)5)20(30)27-28-23(33)37-15-19(29)25-17-11-9-10-16(13-17)21(31)35-7-2/h9-11,13,18H,6-8,12,14-15H2,1-5H3,(H,25,29)(H,26,32)(H,27,30)(H,28,33)/t18-/m0/s1. The summed E-state index contributed by atoms with van der Waals surface area (Å²) in [5.41, 5.74) is 4.26. The third-order valence-electron chi connectivity index (χ3n) is 4.21. The summed E-state index contributed by atoms with van der Waals surface area (Å²) in [5.74, 6) is -2.00. The second-order valence-electron chi connectivity index (χ2n) is 8.67. The fraction of sp³-hybridized carbons (Fsp3) is 0.542. The van der Waals surface area contributed by atoms with Gasteiger partial charge < -0.3 is 24.8 Å². The van der Waals surface area contributed by atoms with Crippen molar-refractivity contribution < 1.29 is 38.2 Å². The van der Waals surface area contributed by atoms with Crippen molar-refractivity contribution in [3.05, 3.63) is 29.8 Å². The molecule has 0 aromatic heterocycles. The molecule has 0 aliphatic heterocycles. The van der Waals surface area contributed by atoms with Crippen molar-refractivity contribution >= 4 is 46.6 Å². The van der Waals surface area contributed by atoms with E-state index in [0.717, 1.165) is 12.8 Å². The Morgan fingerprint density at radius 3 is 2.43 bits per heavy atom. The van der Waals surface area contributed by atoms with Crippen molar-refractivity contribution in [2.75, 3.05) is 30.9 Å². The van der Waals surface area contributed by atoms with Crippen LogP contribution in [0.4, 0.5) is 15.3 Å². The summed E-state index contributed by atoms with van der Waals surface area (Å²) >= 11 is 0.611. The van der Waals surface area contributed by atoms with Crippen LogP contribution in [-0.2, 0) is 23.8 Å². The lowest BCUT2D eigenvalue weighted by Crippen LogP contribution is -2.54. The number of ether oxygens (including phenoxy) is 3. The second-order valence-corrected chi connectivity index (χ2v) is 9.62. The van der Waals surface area contributed by atoms with Crippen LogP contribution in [0.2, 0.25) is 0 Å². The van der Waals surface area contributed by atoms with Crippen LogP contribution in [0.25, 0.3) is 0 Å². The average Bonchev–Trinajstić information content (AvgIpc) is 2.82. The molecule has 0 aliphatic rings. The van der Waals surface area contributed by atoms with Crippen molar-refractivity contribution in [1.29, 1.82) is 0 Å². The number of unbranched alkanes of at least 4 members (excludes halogenated alkanes) is 1. The second kappa shape index (κ2) is 16.4. The Bertz CT molecular complexity index is 936. The Labute approximate surface area is 220 Å². The molecule has 0 saturated heterocycles. The summed E-state index contributed by atoms with van der Waals surface area (Å²) < 4.78 is 15.5. The molecule has 0 heterocycles. The highest BCUT2D eigenvalue weighted by Crippen LogP contribution is 2.13. The number of rotatable bonds is 12. The first-order valence-electron chi connectivity index (χ1n) is 11.8. The molecule has 0 spiro atoms. The molecule has 0 unspecified atom stereocenters. The number of anilines is 1. The lowest BCUT2D eigenvalue weighted by atomic mass is 10.2. The number of thioether (sulfide) groups is 1. The summed E-state index contributed by atoms with van der Waals surface area (Å²) in [6.07, 6.45) is 0.869. The fourth-order valence-electron chi connectivity index (χ4n) is 2.58. The van der Waals surface area contributed by atoms with E-state index in [0.29, 0.717) is 24.1 Å². The quantitative estimate of drug-likeness (QED) is 0.177. The number of hydrazine groups is 1. The highest BCUT2D eigenvalue weighted by atomic mass is 32.2. The predicted octanol–water partition coefficient (Wildman–Crippen LogP) is 2.99. The van der Waals surface area contributed by atoms with Crippen LogP contribution in [0.15, 0.2) is 24.3 Å². The Balaban J connectivity index is 2.54. The molecule has 13 heteroatoms. The minimum atomic E-state index is -1.12. The lowest BCUT2D eigenvalue weighted by molar-refractivity contribution is -0.125. The van der Waals surface area contributed by atoms with Gasteiger partial charge in [-0.2, -0.15) is 0 Å². The molecular formula is C24H36N4O8S. The monoisotopic (exact) mass is 540 g/mol. The third-order valence-corrected chi connectivity index (χ3v) is 4.98. The molecule has 0 fully saturated rings. The summed E-state index contributed by atoms with van der Waals surface area (Å²) in [6.45, 7) is 9.23. The largest absolute Gasteiger partial charge is 0.462 e. The van der Waals surface area contributed by atoms with Gasteiger partial charge in [0.25, 0.3) is 11.1 Å². The third kappa shape index (κ3) is 14.1. The molecule has 1 aromatic carbocycles. The Morgan fingerprint density at radius 2 is 1.78 bits per heavy atom. The molecule has 4 amide bonds. The van der Waals surface area contributed by atoms with Gasteiger partial charge in [0, 0.05) is 12.3 Å². The smallest absolute Gasteiger partial charge is 0.408 e. The van der Waals surface area contributed by atoms with E-state index in [2.05, 4.69) is 21.5 Å². The maximum absolute atomic E-state index is 12.5. The number of nitrogens with one attached hydrogen (secondary N) is 4. The first kappa shape index (κ1) is 31.7. The first-order chi connectivity index (χ1) is 17.4. The molecular weight excluding hydrogens is 504 g/mol. The maximum atomic E-state index is 12.5. The van der Waals surface area contributed by atoms with E-state index >= 15 is 0 Å². The van der Waals surface area contributed by atoms with Crippen LogP contribution in [0.5, 0.6) is 0 Å². The van der Waals surface area contributed by atoms with E-state index in [1.807, 2.05) is 6.92 Å². The van der Waals surface area contributed by atoms with Crippen LogP contribution in [-0.4, -0.2) is 66.3 Å². The number of carbonyl (C=O) groups is 5. The number of hydrogen-bond acceptors (Lipinski definition) is 9. The van der Waals surface area contributed by atoms with Crippen molar-refractivity contribution in [2.45, 2.75) is 59.1 Å². The van der Waals surface area contributed by atoms with E-state index in [1.165, 1.54) is 6.07 Å².